The van der Waals surface area contributed by atoms with Crippen LogP contribution in [0.1, 0.15) is 31.9 Å². The van der Waals surface area contributed by atoms with Crippen LogP contribution in [0, 0.1) is 0 Å². The highest BCUT2D eigenvalue weighted by molar-refractivity contribution is 7.92. The Morgan fingerprint density at radius 1 is 0.979 bits per heavy atom. The molecule has 0 aliphatic carbocycles. The Balaban J connectivity index is 0.000000804. The quantitative estimate of drug-likeness (QED) is 0.122. The average Bonchev–Trinajstić information content (AvgIpc) is 3.51. The molecule has 5 N–H and O–H groups in total. The van der Waals surface area contributed by atoms with E-state index in [1.54, 1.807) is 60.9 Å². The third-order valence-electron chi connectivity index (χ3n) is 6.73. The predicted octanol–water partition coefficient (Wildman–Crippen LogP) is 4.94. The predicted molar refractivity (Wildman–Crippen MR) is 170 cm³/mol. The minimum absolute atomic E-state index is 0.167. The van der Waals surface area contributed by atoms with Crippen LogP contribution in [0.5, 0.6) is 5.75 Å². The van der Waals surface area contributed by atoms with E-state index in [9.17, 15) is 31.5 Å². The van der Waals surface area contributed by atoms with Crippen molar-refractivity contribution < 1.29 is 51.2 Å². The summed E-state index contributed by atoms with van der Waals surface area (Å²) in [4.78, 5) is 24.2. The van der Waals surface area contributed by atoms with E-state index in [0.29, 0.717) is 23.5 Å². The number of nitrogens with one attached hydrogen (secondary N) is 2. The molecule has 0 radical (unpaired) electrons. The number of benzene rings is 3. The maximum absolute atomic E-state index is 12.7. The Morgan fingerprint density at radius 3 is 2.23 bits per heavy atom. The van der Waals surface area contributed by atoms with E-state index in [-0.39, 0.29) is 17.0 Å². The zero-order valence-electron chi connectivity index (χ0n) is 25.9. The Kier molecular flexibility index (Phi) is 12.7. The van der Waals surface area contributed by atoms with Gasteiger partial charge in [0.15, 0.2) is 6.61 Å². The molecule has 0 aliphatic rings. The van der Waals surface area contributed by atoms with Gasteiger partial charge in [-0.1, -0.05) is 30.3 Å². The fraction of sp³-hybridized carbons (Fsp3) is 0.281. The summed E-state index contributed by atoms with van der Waals surface area (Å²) in [6.45, 7) is 4.69. The van der Waals surface area contributed by atoms with Crippen molar-refractivity contribution in [3.05, 3.63) is 97.0 Å². The number of hydrogen-bond donors (Lipinski definition) is 5. The lowest BCUT2D eigenvalue weighted by molar-refractivity contribution is -0.192. The van der Waals surface area contributed by atoms with E-state index in [1.807, 2.05) is 22.9 Å². The Morgan fingerprint density at radius 2 is 1.62 bits per heavy atom. The second kappa shape index (κ2) is 16.3. The molecule has 0 saturated heterocycles. The summed E-state index contributed by atoms with van der Waals surface area (Å²) in [6.07, 6.45) is -1.45. The molecular weight excluding hydrogens is 657 g/mol. The molecule has 258 valence electrons. The van der Waals surface area contributed by atoms with E-state index in [4.69, 9.17) is 19.7 Å². The molecule has 1 heterocycles. The van der Waals surface area contributed by atoms with E-state index in [2.05, 4.69) is 28.9 Å². The van der Waals surface area contributed by atoms with Gasteiger partial charge in [0.05, 0.1) is 23.0 Å². The number of aliphatic hydroxyl groups is 1. The summed E-state index contributed by atoms with van der Waals surface area (Å²) in [6, 6.07) is 22.0. The number of aliphatic hydroxyl groups excluding tert-OH is 1. The molecular formula is C32H35F3N4O8S. The van der Waals surface area contributed by atoms with Crippen molar-refractivity contribution in [2.45, 2.75) is 49.5 Å². The molecule has 0 saturated carbocycles. The molecule has 0 fully saturated rings. The minimum atomic E-state index is -5.08. The molecule has 48 heavy (non-hydrogen) atoms. The molecule has 0 spiro atoms. The van der Waals surface area contributed by atoms with Gasteiger partial charge in [-0.2, -0.15) is 13.2 Å². The summed E-state index contributed by atoms with van der Waals surface area (Å²) >= 11 is 0. The molecule has 12 nitrogen and oxygen atoms in total. The number of β-amino-alcohol motifs (C(OH)–C–C–N with tert-alkyl or cyclic N) is 1. The van der Waals surface area contributed by atoms with Gasteiger partial charge in [-0.05, 0) is 74.4 Å². The third kappa shape index (κ3) is 12.0. The second-order valence-corrected chi connectivity index (χ2v) is 12.8. The van der Waals surface area contributed by atoms with Crippen LogP contribution >= 0.6 is 0 Å². The fourth-order valence-corrected chi connectivity index (χ4v) is 5.18. The van der Waals surface area contributed by atoms with Gasteiger partial charge in [-0.3, -0.25) is 4.72 Å². The monoisotopic (exact) mass is 692 g/mol. The lowest BCUT2D eigenvalue weighted by Crippen LogP contribution is -2.42. The first-order chi connectivity index (χ1) is 22.4. The summed E-state index contributed by atoms with van der Waals surface area (Å²) < 4.78 is 66.8. The van der Waals surface area contributed by atoms with Crippen molar-refractivity contribution in [3.8, 4) is 17.0 Å². The molecule has 3 aromatic carbocycles. The van der Waals surface area contributed by atoms with E-state index in [1.165, 1.54) is 12.1 Å². The van der Waals surface area contributed by atoms with Gasteiger partial charge in [-0.25, -0.2) is 23.0 Å². The summed E-state index contributed by atoms with van der Waals surface area (Å²) in [5.74, 6) is -3.31. The maximum Gasteiger partial charge on any atom is 0.490 e. The highest BCUT2D eigenvalue weighted by Gasteiger charge is 2.38. The maximum atomic E-state index is 12.7. The van der Waals surface area contributed by atoms with E-state index in [0.717, 1.165) is 17.7 Å². The number of sulfonamides is 1. The number of carboxylic acid groups (broad SMARTS) is 2. The third-order valence-corrected chi connectivity index (χ3v) is 8.13. The molecule has 0 bridgehead atoms. The van der Waals surface area contributed by atoms with Crippen LogP contribution in [-0.4, -0.2) is 70.1 Å². The molecule has 4 aromatic rings. The number of carbonyl (C=O) groups is 2. The second-order valence-electron chi connectivity index (χ2n) is 11.1. The van der Waals surface area contributed by atoms with Gasteiger partial charge in [-0.15, -0.1) is 0 Å². The largest absolute Gasteiger partial charge is 0.490 e. The van der Waals surface area contributed by atoms with Crippen LogP contribution in [0.2, 0.25) is 0 Å². The lowest BCUT2D eigenvalue weighted by atomic mass is 9.99. The van der Waals surface area contributed by atoms with E-state index < -0.39 is 40.8 Å². The van der Waals surface area contributed by atoms with Crippen molar-refractivity contribution in [3.63, 3.8) is 0 Å². The topological polar surface area (TPSA) is 180 Å². The number of ether oxygens (including phenoxy) is 1. The van der Waals surface area contributed by atoms with Gasteiger partial charge in [0, 0.05) is 36.1 Å². The number of imidazole rings is 1. The van der Waals surface area contributed by atoms with E-state index >= 15 is 0 Å². The van der Waals surface area contributed by atoms with Gasteiger partial charge in [0.2, 0.25) is 0 Å². The molecule has 16 heteroatoms. The molecule has 1 atom stereocenters. The van der Waals surface area contributed by atoms with Crippen LogP contribution in [0.25, 0.3) is 11.3 Å². The van der Waals surface area contributed by atoms with Crippen LogP contribution < -0.4 is 14.8 Å². The highest BCUT2D eigenvalue weighted by Crippen LogP contribution is 2.23. The fourth-order valence-electron chi connectivity index (χ4n) is 4.11. The highest BCUT2D eigenvalue weighted by atomic mass is 32.2. The Labute approximate surface area is 274 Å². The normalized spacial score (nSPS) is 12.4. The molecule has 1 unspecified atom stereocenters. The zero-order valence-corrected chi connectivity index (χ0v) is 26.7. The van der Waals surface area contributed by atoms with Gasteiger partial charge < -0.3 is 29.9 Å². The summed E-state index contributed by atoms with van der Waals surface area (Å²) in [5.41, 5.74) is 2.35. The number of halogens is 3. The van der Waals surface area contributed by atoms with Crippen molar-refractivity contribution in [1.29, 1.82) is 0 Å². The molecule has 4 rings (SSSR count). The Hall–Kier alpha value is -4.93. The summed E-state index contributed by atoms with van der Waals surface area (Å²) in [5, 5.41) is 30.1. The van der Waals surface area contributed by atoms with Crippen LogP contribution in [-0.2, 0) is 26.2 Å². The van der Waals surface area contributed by atoms with Crippen molar-refractivity contribution in [2.24, 2.45) is 0 Å². The van der Waals surface area contributed by atoms with Crippen LogP contribution in [0.3, 0.4) is 0 Å². The number of aryl methyl sites for hydroxylation is 1. The molecule has 1 aromatic heterocycles. The number of alkyl halides is 3. The lowest BCUT2D eigenvalue weighted by Gasteiger charge is -2.28. The average molecular weight is 693 g/mol. The zero-order chi connectivity index (χ0) is 35.5. The first kappa shape index (κ1) is 37.5. The van der Waals surface area contributed by atoms with Crippen LogP contribution in [0.15, 0.2) is 96.3 Å². The summed E-state index contributed by atoms with van der Waals surface area (Å²) in [7, 11) is -3.73. The first-order valence-corrected chi connectivity index (χ1v) is 15.8. The number of nitrogens with zero attached hydrogens (tertiary/aromatic N) is 2. The smallest absolute Gasteiger partial charge is 0.482 e. The minimum Gasteiger partial charge on any atom is -0.482 e. The van der Waals surface area contributed by atoms with Crippen molar-refractivity contribution in [2.75, 3.05) is 17.9 Å². The van der Waals surface area contributed by atoms with Gasteiger partial charge in [0.1, 0.15) is 5.75 Å². The number of hydrogen-bond acceptors (Lipinski definition) is 8. The SMILES string of the molecule is CC(C)(CCn1cnc(-c2ccc(OCC(=O)O)cc2)c1)NCC(O)c1cccc(NS(=O)(=O)c2ccccc2)c1.O=C(O)C(F)(F)F. The number of aromatic nitrogens is 2. The van der Waals surface area contributed by atoms with Crippen molar-refractivity contribution >= 4 is 27.6 Å². The molecule has 0 aliphatic heterocycles. The number of carboxylic acids is 2. The number of anilines is 1. The van der Waals surface area contributed by atoms with Crippen LogP contribution in [0.4, 0.5) is 18.9 Å². The van der Waals surface area contributed by atoms with Gasteiger partial charge >= 0.3 is 18.1 Å². The van der Waals surface area contributed by atoms with Crippen molar-refractivity contribution in [1.82, 2.24) is 14.9 Å². The standard InChI is InChI=1S/C30H34N4O6S.C2HF3O2/c1-30(2,15-16-34-19-27(31-21-34)22-11-13-25(14-12-22)40-20-29(36)37)32-18-28(35)23-7-6-8-24(17-23)33-41(38,39)26-9-4-3-5-10-26;3-2(4,5)1(6)7/h3-14,17,19,21,28,32-33,35H,15-16,18,20H2,1-2H3,(H,36,37);(H,6,7). The molecule has 0 amide bonds. The Bertz CT molecular complexity index is 1760. The number of rotatable bonds is 14. The first-order valence-electron chi connectivity index (χ1n) is 14.3. The van der Waals surface area contributed by atoms with Gasteiger partial charge in [0.25, 0.3) is 10.0 Å². The number of aliphatic carboxylic acids is 2.